The van der Waals surface area contributed by atoms with Gasteiger partial charge in [-0.1, -0.05) is 20.3 Å². The number of hydrazine groups is 1. The topological polar surface area (TPSA) is 38.0 Å². The molecule has 3 aliphatic rings. The molecule has 0 aliphatic heterocycles. The Balaban J connectivity index is 1.60. The van der Waals surface area contributed by atoms with Crippen molar-refractivity contribution in [2.24, 2.45) is 41.4 Å². The van der Waals surface area contributed by atoms with E-state index in [-0.39, 0.29) is 0 Å². The van der Waals surface area contributed by atoms with Crippen molar-refractivity contribution in [3.8, 4) is 0 Å². The van der Waals surface area contributed by atoms with Crippen LogP contribution in [0.25, 0.3) is 0 Å². The largest absolute Gasteiger partial charge is 0.271 e. The highest BCUT2D eigenvalue weighted by Crippen LogP contribution is 2.56. The smallest absolute Gasteiger partial charge is 0.0267 e. The minimum atomic E-state index is 0.609. The van der Waals surface area contributed by atoms with Gasteiger partial charge in [-0.15, -0.1) is 0 Å². The Morgan fingerprint density at radius 2 is 1.59 bits per heavy atom. The van der Waals surface area contributed by atoms with Crippen molar-refractivity contribution in [3.63, 3.8) is 0 Å². The maximum absolute atomic E-state index is 5.87. The molecule has 0 aromatic rings. The van der Waals surface area contributed by atoms with Gasteiger partial charge in [0.25, 0.3) is 0 Å². The Bertz CT molecular complexity index is 268. The van der Waals surface area contributed by atoms with E-state index in [9.17, 15) is 0 Å². The molecule has 0 saturated heterocycles. The van der Waals surface area contributed by atoms with Crippen LogP contribution in [0.5, 0.6) is 0 Å². The molecule has 6 atom stereocenters. The minimum Gasteiger partial charge on any atom is -0.271 e. The monoisotopic (exact) mass is 236 g/mol. The molecule has 6 unspecified atom stereocenters. The molecule has 3 aliphatic carbocycles. The predicted molar refractivity (Wildman–Crippen MR) is 71.1 cm³/mol. The van der Waals surface area contributed by atoms with Crippen molar-refractivity contribution in [1.82, 2.24) is 5.43 Å². The van der Waals surface area contributed by atoms with Crippen molar-refractivity contribution in [2.75, 3.05) is 0 Å². The van der Waals surface area contributed by atoms with Crippen LogP contribution in [0.1, 0.15) is 52.4 Å². The zero-order chi connectivity index (χ0) is 12.0. The second kappa shape index (κ2) is 4.55. The fourth-order valence-corrected chi connectivity index (χ4v) is 4.63. The summed E-state index contributed by atoms with van der Waals surface area (Å²) < 4.78 is 0. The summed E-state index contributed by atoms with van der Waals surface area (Å²) in [7, 11) is 0. The van der Waals surface area contributed by atoms with Gasteiger partial charge in [0.2, 0.25) is 0 Å². The molecule has 3 fully saturated rings. The predicted octanol–water partition coefficient (Wildman–Crippen LogP) is 2.94. The Hall–Kier alpha value is -0.0800. The standard InChI is InChI=1S/C15H28N2/c1-9-3-4-11(5-10(9)2)15(17-16)14-7-12-6-13(12)8-14/h9-15,17H,3-8,16H2,1-2H3. The van der Waals surface area contributed by atoms with Crippen LogP contribution >= 0.6 is 0 Å². The third kappa shape index (κ3) is 2.26. The fourth-order valence-electron chi connectivity index (χ4n) is 4.63. The normalized spacial score (nSPS) is 51.0. The third-order valence-electron chi connectivity index (χ3n) is 6.13. The van der Waals surface area contributed by atoms with Crippen LogP contribution in [-0.2, 0) is 0 Å². The van der Waals surface area contributed by atoms with Gasteiger partial charge < -0.3 is 0 Å². The van der Waals surface area contributed by atoms with E-state index in [1.807, 2.05) is 0 Å². The highest BCUT2D eigenvalue weighted by molar-refractivity contribution is 5.00. The highest BCUT2D eigenvalue weighted by atomic mass is 15.2. The van der Waals surface area contributed by atoms with Gasteiger partial charge in [-0.2, -0.15) is 0 Å². The minimum absolute atomic E-state index is 0.609. The summed E-state index contributed by atoms with van der Waals surface area (Å²) in [6, 6.07) is 0.609. The molecular formula is C15H28N2. The number of hydrogen-bond donors (Lipinski definition) is 2. The Morgan fingerprint density at radius 3 is 2.18 bits per heavy atom. The first kappa shape index (κ1) is 12.0. The number of nitrogens with two attached hydrogens (primary N) is 1. The first-order chi connectivity index (χ1) is 8.19. The maximum Gasteiger partial charge on any atom is 0.0267 e. The van der Waals surface area contributed by atoms with Gasteiger partial charge in [-0.3, -0.25) is 11.3 Å². The van der Waals surface area contributed by atoms with E-state index in [1.165, 1.54) is 38.5 Å². The zero-order valence-corrected chi connectivity index (χ0v) is 11.4. The van der Waals surface area contributed by atoms with Crippen molar-refractivity contribution < 1.29 is 0 Å². The highest BCUT2D eigenvalue weighted by Gasteiger charge is 2.49. The molecule has 17 heavy (non-hydrogen) atoms. The zero-order valence-electron chi connectivity index (χ0n) is 11.4. The number of rotatable bonds is 3. The molecule has 0 aromatic carbocycles. The van der Waals surface area contributed by atoms with Gasteiger partial charge in [0.05, 0.1) is 0 Å². The average molecular weight is 236 g/mol. The Kier molecular flexibility index (Phi) is 3.20. The molecule has 3 saturated carbocycles. The molecule has 3 N–H and O–H groups in total. The molecule has 0 radical (unpaired) electrons. The molecule has 3 rings (SSSR count). The summed E-state index contributed by atoms with van der Waals surface area (Å²) in [6.45, 7) is 4.84. The SMILES string of the molecule is CC1CCC(C(NN)C2CC3CC3C2)CC1C. The molecule has 2 nitrogen and oxygen atoms in total. The fraction of sp³-hybridized carbons (Fsp3) is 1.00. The lowest BCUT2D eigenvalue weighted by Crippen LogP contribution is -2.47. The van der Waals surface area contributed by atoms with Gasteiger partial charge in [0, 0.05) is 6.04 Å². The number of nitrogens with one attached hydrogen (secondary N) is 1. The van der Waals surface area contributed by atoms with E-state index < -0.39 is 0 Å². The lowest BCUT2D eigenvalue weighted by Gasteiger charge is -2.39. The molecule has 0 bridgehead atoms. The first-order valence-electron chi connectivity index (χ1n) is 7.65. The molecular weight excluding hydrogens is 208 g/mol. The van der Waals surface area contributed by atoms with Gasteiger partial charge >= 0.3 is 0 Å². The molecule has 0 heterocycles. The summed E-state index contributed by atoms with van der Waals surface area (Å²) in [5, 5.41) is 0. The van der Waals surface area contributed by atoms with Gasteiger partial charge in [0.1, 0.15) is 0 Å². The quantitative estimate of drug-likeness (QED) is 0.584. The van der Waals surface area contributed by atoms with Crippen LogP contribution in [0.2, 0.25) is 0 Å². The van der Waals surface area contributed by atoms with Gasteiger partial charge in [-0.25, -0.2) is 0 Å². The van der Waals surface area contributed by atoms with E-state index in [2.05, 4.69) is 19.3 Å². The van der Waals surface area contributed by atoms with E-state index in [0.717, 1.165) is 35.5 Å². The molecule has 0 aromatic heterocycles. The van der Waals surface area contributed by atoms with Crippen molar-refractivity contribution >= 4 is 0 Å². The van der Waals surface area contributed by atoms with E-state index >= 15 is 0 Å². The van der Waals surface area contributed by atoms with Crippen molar-refractivity contribution in [3.05, 3.63) is 0 Å². The van der Waals surface area contributed by atoms with Crippen LogP contribution < -0.4 is 11.3 Å². The maximum atomic E-state index is 5.87. The van der Waals surface area contributed by atoms with Gasteiger partial charge in [-0.05, 0) is 67.6 Å². The molecule has 0 amide bonds. The van der Waals surface area contributed by atoms with Crippen LogP contribution in [0.15, 0.2) is 0 Å². The van der Waals surface area contributed by atoms with Crippen LogP contribution in [0, 0.1) is 35.5 Å². The van der Waals surface area contributed by atoms with Crippen LogP contribution in [0.4, 0.5) is 0 Å². The van der Waals surface area contributed by atoms with Crippen molar-refractivity contribution in [1.29, 1.82) is 0 Å². The number of hydrogen-bond acceptors (Lipinski definition) is 2. The van der Waals surface area contributed by atoms with Crippen molar-refractivity contribution in [2.45, 2.75) is 58.4 Å². The van der Waals surface area contributed by atoms with Gasteiger partial charge in [0.15, 0.2) is 0 Å². The summed E-state index contributed by atoms with van der Waals surface area (Å²) in [4.78, 5) is 0. The Labute approximate surface area is 106 Å². The summed E-state index contributed by atoms with van der Waals surface area (Å²) in [5.74, 6) is 11.6. The van der Waals surface area contributed by atoms with Crippen LogP contribution in [0.3, 0.4) is 0 Å². The number of fused-ring (bicyclic) bond motifs is 1. The third-order valence-corrected chi connectivity index (χ3v) is 6.13. The molecule has 0 spiro atoms. The molecule has 98 valence electrons. The lowest BCUT2D eigenvalue weighted by atomic mass is 9.70. The van der Waals surface area contributed by atoms with Crippen LogP contribution in [-0.4, -0.2) is 6.04 Å². The summed E-state index contributed by atoms with van der Waals surface area (Å²) >= 11 is 0. The Morgan fingerprint density at radius 1 is 0.882 bits per heavy atom. The van der Waals surface area contributed by atoms with E-state index in [0.29, 0.717) is 6.04 Å². The summed E-state index contributed by atoms with van der Waals surface area (Å²) in [5.41, 5.74) is 3.19. The second-order valence-corrected chi connectivity index (χ2v) is 7.21. The lowest BCUT2D eigenvalue weighted by molar-refractivity contribution is 0.137. The average Bonchev–Trinajstić information content (AvgIpc) is 2.92. The van der Waals surface area contributed by atoms with E-state index in [1.54, 1.807) is 0 Å². The summed E-state index contributed by atoms with van der Waals surface area (Å²) in [6.07, 6.45) is 8.63. The first-order valence-corrected chi connectivity index (χ1v) is 7.65. The second-order valence-electron chi connectivity index (χ2n) is 7.21. The van der Waals surface area contributed by atoms with E-state index in [4.69, 9.17) is 5.84 Å². The molecule has 2 heteroatoms.